The lowest BCUT2D eigenvalue weighted by Gasteiger charge is -2.37. The van der Waals surface area contributed by atoms with Crippen molar-refractivity contribution in [2.75, 3.05) is 36.0 Å². The molecule has 0 aliphatic carbocycles. The molecule has 1 saturated heterocycles. The van der Waals surface area contributed by atoms with Gasteiger partial charge in [-0.2, -0.15) is 0 Å². The van der Waals surface area contributed by atoms with Crippen LogP contribution in [0.5, 0.6) is 11.5 Å². The van der Waals surface area contributed by atoms with Crippen LogP contribution in [-0.4, -0.2) is 36.4 Å². The molecule has 0 spiro atoms. The van der Waals surface area contributed by atoms with Crippen molar-refractivity contribution in [3.05, 3.63) is 48.0 Å². The molecule has 0 aromatic heterocycles. The fraction of sp³-hybridized carbons (Fsp3) is 0.294. The molecule has 1 aliphatic heterocycles. The Morgan fingerprint density at radius 2 is 1.29 bits per heavy atom. The topological polar surface area (TPSA) is 46.9 Å². The molecule has 1 heterocycles. The third kappa shape index (κ3) is 2.89. The molecule has 0 unspecified atom stereocenters. The molecule has 0 atom stereocenters. The maximum Gasteiger partial charge on any atom is 0.118 e. The van der Waals surface area contributed by atoms with Crippen LogP contribution in [-0.2, 0) is 0 Å². The van der Waals surface area contributed by atoms with Crippen LogP contribution < -0.4 is 9.80 Å². The summed E-state index contributed by atoms with van der Waals surface area (Å²) in [6, 6.07) is 13.1. The van der Waals surface area contributed by atoms with Gasteiger partial charge in [0.05, 0.1) is 0 Å². The summed E-state index contributed by atoms with van der Waals surface area (Å²) in [4.78, 5) is 4.66. The zero-order valence-electron chi connectivity index (χ0n) is 12.2. The van der Waals surface area contributed by atoms with Crippen molar-refractivity contribution in [3.8, 4) is 11.5 Å². The predicted molar refractivity (Wildman–Crippen MR) is 85.4 cm³/mol. The fourth-order valence-electron chi connectivity index (χ4n) is 2.72. The Kier molecular flexibility index (Phi) is 3.60. The van der Waals surface area contributed by atoms with Gasteiger partial charge in [-0.05, 0) is 55.0 Å². The van der Waals surface area contributed by atoms with Gasteiger partial charge in [-0.3, -0.25) is 0 Å². The number of rotatable bonds is 2. The maximum absolute atomic E-state index is 9.61. The fourth-order valence-corrected chi connectivity index (χ4v) is 2.72. The Bertz CT molecular complexity index is 617. The van der Waals surface area contributed by atoms with E-state index >= 15 is 0 Å². The smallest absolute Gasteiger partial charge is 0.118 e. The lowest BCUT2D eigenvalue weighted by atomic mass is 10.1. The van der Waals surface area contributed by atoms with Gasteiger partial charge in [0.25, 0.3) is 0 Å². The summed E-state index contributed by atoms with van der Waals surface area (Å²) in [5.41, 5.74) is 3.22. The largest absolute Gasteiger partial charge is 0.508 e. The molecule has 0 radical (unpaired) electrons. The number of hydrogen-bond donors (Lipinski definition) is 2. The number of hydrogen-bond acceptors (Lipinski definition) is 4. The van der Waals surface area contributed by atoms with E-state index in [2.05, 4.69) is 9.80 Å². The van der Waals surface area contributed by atoms with Gasteiger partial charge in [0.1, 0.15) is 11.5 Å². The van der Waals surface area contributed by atoms with E-state index in [1.165, 1.54) is 0 Å². The standard InChI is InChI=1S/C17H20N2O2/c1-13-12-15(4-7-17(13)21)19-10-8-18(9-11-19)14-2-5-16(20)6-3-14/h2-7,12,20-21H,8-11H2,1H3. The number of phenols is 2. The average molecular weight is 284 g/mol. The first-order valence-corrected chi connectivity index (χ1v) is 7.22. The van der Waals surface area contributed by atoms with Crippen molar-refractivity contribution < 1.29 is 10.2 Å². The van der Waals surface area contributed by atoms with E-state index in [0.717, 1.165) is 43.1 Å². The molecule has 21 heavy (non-hydrogen) atoms. The third-order valence-corrected chi connectivity index (χ3v) is 4.04. The highest BCUT2D eigenvalue weighted by Crippen LogP contribution is 2.25. The van der Waals surface area contributed by atoms with Crippen LogP contribution in [0.4, 0.5) is 11.4 Å². The summed E-state index contributed by atoms with van der Waals surface area (Å²) in [7, 11) is 0. The number of benzene rings is 2. The van der Waals surface area contributed by atoms with Crippen LogP contribution in [0.1, 0.15) is 5.56 Å². The Balaban J connectivity index is 1.67. The molecule has 3 rings (SSSR count). The second kappa shape index (κ2) is 5.56. The van der Waals surface area contributed by atoms with E-state index in [0.29, 0.717) is 11.5 Å². The first-order chi connectivity index (χ1) is 10.1. The number of nitrogens with zero attached hydrogens (tertiary/aromatic N) is 2. The van der Waals surface area contributed by atoms with E-state index in [9.17, 15) is 10.2 Å². The molecule has 2 N–H and O–H groups in total. The first-order valence-electron chi connectivity index (χ1n) is 7.22. The Hall–Kier alpha value is -2.36. The molecule has 4 nitrogen and oxygen atoms in total. The highest BCUT2D eigenvalue weighted by molar-refractivity contribution is 5.55. The van der Waals surface area contributed by atoms with Gasteiger partial charge in [0, 0.05) is 37.6 Å². The second-order valence-corrected chi connectivity index (χ2v) is 5.46. The van der Waals surface area contributed by atoms with Crippen LogP contribution in [0, 0.1) is 6.92 Å². The third-order valence-electron chi connectivity index (χ3n) is 4.04. The number of aryl methyl sites for hydroxylation is 1. The summed E-state index contributed by atoms with van der Waals surface area (Å²) < 4.78 is 0. The van der Waals surface area contributed by atoms with Gasteiger partial charge >= 0.3 is 0 Å². The molecule has 110 valence electrons. The zero-order chi connectivity index (χ0) is 14.8. The first kappa shape index (κ1) is 13.6. The molecule has 1 fully saturated rings. The summed E-state index contributed by atoms with van der Waals surface area (Å²) >= 11 is 0. The number of phenolic OH excluding ortho intramolecular Hbond substituents is 2. The SMILES string of the molecule is Cc1cc(N2CCN(c3ccc(O)cc3)CC2)ccc1O. The maximum atomic E-state index is 9.61. The molecular formula is C17H20N2O2. The molecule has 0 amide bonds. The summed E-state index contributed by atoms with van der Waals surface area (Å²) in [5, 5.41) is 19.0. The Morgan fingerprint density at radius 1 is 0.762 bits per heavy atom. The molecular weight excluding hydrogens is 264 g/mol. The minimum absolute atomic E-state index is 0.303. The lowest BCUT2D eigenvalue weighted by molar-refractivity contribution is 0.471. The predicted octanol–water partition coefficient (Wildman–Crippen LogP) is 2.73. The van der Waals surface area contributed by atoms with Crippen LogP contribution in [0.2, 0.25) is 0 Å². The Labute approximate surface area is 124 Å². The minimum atomic E-state index is 0.303. The van der Waals surface area contributed by atoms with Crippen LogP contribution >= 0.6 is 0 Å². The number of anilines is 2. The van der Waals surface area contributed by atoms with Gasteiger partial charge in [-0.25, -0.2) is 0 Å². The lowest BCUT2D eigenvalue weighted by Crippen LogP contribution is -2.46. The molecule has 2 aromatic carbocycles. The molecule has 0 saturated carbocycles. The van der Waals surface area contributed by atoms with Crippen molar-refractivity contribution in [1.82, 2.24) is 0 Å². The van der Waals surface area contributed by atoms with Crippen molar-refractivity contribution in [3.63, 3.8) is 0 Å². The van der Waals surface area contributed by atoms with E-state index in [4.69, 9.17) is 0 Å². The summed E-state index contributed by atoms with van der Waals surface area (Å²) in [6.07, 6.45) is 0. The summed E-state index contributed by atoms with van der Waals surface area (Å²) in [6.45, 7) is 5.72. The van der Waals surface area contributed by atoms with E-state index in [1.54, 1.807) is 18.2 Å². The van der Waals surface area contributed by atoms with Gasteiger partial charge in [0.2, 0.25) is 0 Å². The van der Waals surface area contributed by atoms with E-state index < -0.39 is 0 Å². The molecule has 4 heteroatoms. The quantitative estimate of drug-likeness (QED) is 0.890. The van der Waals surface area contributed by atoms with Gasteiger partial charge in [0.15, 0.2) is 0 Å². The molecule has 2 aromatic rings. The van der Waals surface area contributed by atoms with Crippen molar-refractivity contribution >= 4 is 11.4 Å². The molecule has 1 aliphatic rings. The zero-order valence-corrected chi connectivity index (χ0v) is 12.2. The van der Waals surface area contributed by atoms with Crippen molar-refractivity contribution in [2.45, 2.75) is 6.92 Å². The summed E-state index contributed by atoms with van der Waals surface area (Å²) in [5.74, 6) is 0.651. The highest BCUT2D eigenvalue weighted by Gasteiger charge is 2.17. The van der Waals surface area contributed by atoms with E-state index in [1.807, 2.05) is 31.2 Å². The van der Waals surface area contributed by atoms with Gasteiger partial charge in [-0.15, -0.1) is 0 Å². The van der Waals surface area contributed by atoms with Crippen LogP contribution in [0.25, 0.3) is 0 Å². The average Bonchev–Trinajstić information content (AvgIpc) is 2.51. The second-order valence-electron chi connectivity index (χ2n) is 5.46. The molecule has 0 bridgehead atoms. The van der Waals surface area contributed by atoms with Crippen LogP contribution in [0.15, 0.2) is 42.5 Å². The van der Waals surface area contributed by atoms with Crippen molar-refractivity contribution in [2.24, 2.45) is 0 Å². The normalized spacial score (nSPS) is 15.3. The monoisotopic (exact) mass is 284 g/mol. The highest BCUT2D eigenvalue weighted by atomic mass is 16.3. The Morgan fingerprint density at radius 3 is 1.86 bits per heavy atom. The van der Waals surface area contributed by atoms with Gasteiger partial charge in [-0.1, -0.05) is 0 Å². The van der Waals surface area contributed by atoms with Crippen molar-refractivity contribution in [1.29, 1.82) is 0 Å². The number of piperazine rings is 1. The van der Waals surface area contributed by atoms with E-state index in [-0.39, 0.29) is 0 Å². The van der Waals surface area contributed by atoms with Gasteiger partial charge < -0.3 is 20.0 Å². The number of aromatic hydroxyl groups is 2. The minimum Gasteiger partial charge on any atom is -0.508 e. The van der Waals surface area contributed by atoms with Crippen LogP contribution in [0.3, 0.4) is 0 Å².